The molecule has 0 radical (unpaired) electrons. The zero-order chi connectivity index (χ0) is 12.4. The molecule has 1 saturated heterocycles. The quantitative estimate of drug-likeness (QED) is 0.809. The summed E-state index contributed by atoms with van der Waals surface area (Å²) in [4.78, 5) is 11.7. The van der Waals surface area contributed by atoms with Gasteiger partial charge < -0.3 is 15.8 Å². The number of amides is 1. The summed E-state index contributed by atoms with van der Waals surface area (Å²) < 4.78 is 31.6. The third-order valence-electron chi connectivity index (χ3n) is 2.67. The number of carbonyl (C=O) groups excluding carboxylic acids is 1. The molecule has 0 saturated carbocycles. The van der Waals surface area contributed by atoms with Gasteiger partial charge in [0, 0.05) is 6.04 Å². The number of ether oxygens (including phenoxy) is 1. The predicted molar refractivity (Wildman–Crippen MR) is 57.3 cm³/mol. The number of hydrogen-bond acceptors (Lipinski definition) is 3. The Labute approximate surface area is 96.7 Å². The van der Waals surface area contributed by atoms with E-state index in [-0.39, 0.29) is 13.2 Å². The number of nitrogens with one attached hydrogen (secondary N) is 1. The van der Waals surface area contributed by atoms with E-state index in [1.54, 1.807) is 0 Å². The molecule has 2 atom stereocenters. The second-order valence-corrected chi connectivity index (χ2v) is 3.89. The summed E-state index contributed by atoms with van der Waals surface area (Å²) in [6, 6.07) is 2.93. The van der Waals surface area contributed by atoms with Gasteiger partial charge in [-0.3, -0.25) is 4.79 Å². The number of halogens is 2. The maximum atomic E-state index is 13.3. The molecule has 2 unspecified atom stereocenters. The molecule has 1 aliphatic rings. The van der Waals surface area contributed by atoms with Gasteiger partial charge in [-0.25, -0.2) is 8.78 Å². The molecule has 2 rings (SSSR count). The molecule has 1 heterocycles. The molecule has 1 fully saturated rings. The van der Waals surface area contributed by atoms with E-state index in [1.165, 1.54) is 6.07 Å². The molecule has 1 aromatic rings. The fraction of sp³-hybridized carbons (Fsp3) is 0.364. The van der Waals surface area contributed by atoms with Crippen molar-refractivity contribution < 1.29 is 18.3 Å². The maximum Gasteiger partial charge on any atom is 0.231 e. The van der Waals surface area contributed by atoms with Crippen LogP contribution in [-0.4, -0.2) is 25.2 Å². The van der Waals surface area contributed by atoms with E-state index in [0.29, 0.717) is 0 Å². The van der Waals surface area contributed by atoms with Gasteiger partial charge in [0.1, 0.15) is 17.3 Å². The molecule has 92 valence electrons. The van der Waals surface area contributed by atoms with Crippen LogP contribution in [0.4, 0.5) is 14.5 Å². The largest absolute Gasteiger partial charge is 0.379 e. The Hall–Kier alpha value is -1.53. The van der Waals surface area contributed by atoms with Crippen molar-refractivity contribution in [1.29, 1.82) is 0 Å². The number of para-hydroxylation sites is 1. The van der Waals surface area contributed by atoms with Crippen LogP contribution in [0.5, 0.6) is 0 Å². The Morgan fingerprint density at radius 2 is 2.00 bits per heavy atom. The molecule has 4 nitrogen and oxygen atoms in total. The molecule has 0 bridgehead atoms. The van der Waals surface area contributed by atoms with E-state index in [4.69, 9.17) is 10.5 Å². The second kappa shape index (κ2) is 4.77. The molecule has 0 aromatic heterocycles. The number of carbonyl (C=O) groups is 1. The van der Waals surface area contributed by atoms with Crippen molar-refractivity contribution in [3.8, 4) is 0 Å². The molecule has 6 heteroatoms. The number of hydrogen-bond donors (Lipinski definition) is 2. The summed E-state index contributed by atoms with van der Waals surface area (Å²) in [5.74, 6) is -2.73. The Kier molecular flexibility index (Phi) is 3.35. The number of rotatable bonds is 2. The lowest BCUT2D eigenvalue weighted by Gasteiger charge is -2.14. The molecular formula is C11H12F2N2O2. The topological polar surface area (TPSA) is 64.3 Å². The van der Waals surface area contributed by atoms with Crippen LogP contribution in [0.2, 0.25) is 0 Å². The summed E-state index contributed by atoms with van der Waals surface area (Å²) in [7, 11) is 0. The highest BCUT2D eigenvalue weighted by atomic mass is 19.1. The van der Waals surface area contributed by atoms with E-state index in [1.807, 2.05) is 0 Å². The van der Waals surface area contributed by atoms with Gasteiger partial charge in [-0.05, 0) is 12.1 Å². The zero-order valence-corrected chi connectivity index (χ0v) is 8.95. The average Bonchev–Trinajstić information content (AvgIpc) is 2.70. The molecule has 1 aromatic carbocycles. The fourth-order valence-electron chi connectivity index (χ4n) is 1.67. The highest BCUT2D eigenvalue weighted by Crippen LogP contribution is 2.20. The van der Waals surface area contributed by atoms with E-state index >= 15 is 0 Å². The first kappa shape index (κ1) is 11.9. The minimum absolute atomic E-state index is 0.170. The van der Waals surface area contributed by atoms with Gasteiger partial charge in [-0.15, -0.1) is 0 Å². The van der Waals surface area contributed by atoms with Gasteiger partial charge >= 0.3 is 0 Å². The van der Waals surface area contributed by atoms with Crippen molar-refractivity contribution in [2.24, 2.45) is 11.7 Å². The molecular weight excluding hydrogens is 230 g/mol. The van der Waals surface area contributed by atoms with Gasteiger partial charge in [-0.1, -0.05) is 6.07 Å². The summed E-state index contributed by atoms with van der Waals surface area (Å²) >= 11 is 0. The van der Waals surface area contributed by atoms with Crippen LogP contribution >= 0.6 is 0 Å². The third kappa shape index (κ3) is 2.42. The maximum absolute atomic E-state index is 13.3. The van der Waals surface area contributed by atoms with Gasteiger partial charge in [0.05, 0.1) is 19.1 Å². The molecule has 3 N–H and O–H groups in total. The van der Waals surface area contributed by atoms with Gasteiger partial charge in [0.25, 0.3) is 0 Å². The molecule has 1 amide bonds. The lowest BCUT2D eigenvalue weighted by Crippen LogP contribution is -2.37. The first-order valence-corrected chi connectivity index (χ1v) is 5.18. The number of anilines is 1. The third-order valence-corrected chi connectivity index (χ3v) is 2.67. The van der Waals surface area contributed by atoms with Crippen LogP contribution in [0, 0.1) is 17.6 Å². The van der Waals surface area contributed by atoms with E-state index in [9.17, 15) is 13.6 Å². The average molecular weight is 242 g/mol. The Bertz CT molecular complexity index is 419. The summed E-state index contributed by atoms with van der Waals surface area (Å²) in [5, 5.41) is 2.20. The highest BCUT2D eigenvalue weighted by Gasteiger charge is 2.32. The van der Waals surface area contributed by atoms with Crippen molar-refractivity contribution in [2.75, 3.05) is 18.5 Å². The van der Waals surface area contributed by atoms with Crippen LogP contribution in [0.3, 0.4) is 0 Å². The summed E-state index contributed by atoms with van der Waals surface area (Å²) in [6.45, 7) is 0.445. The Morgan fingerprint density at radius 3 is 2.53 bits per heavy atom. The molecule has 0 spiro atoms. The van der Waals surface area contributed by atoms with E-state index < -0.39 is 35.2 Å². The monoisotopic (exact) mass is 242 g/mol. The van der Waals surface area contributed by atoms with Crippen molar-refractivity contribution in [2.45, 2.75) is 6.04 Å². The smallest absolute Gasteiger partial charge is 0.231 e. The van der Waals surface area contributed by atoms with Gasteiger partial charge in [0.2, 0.25) is 5.91 Å². The Balaban J connectivity index is 2.13. The second-order valence-electron chi connectivity index (χ2n) is 3.89. The number of benzene rings is 1. The van der Waals surface area contributed by atoms with Crippen molar-refractivity contribution >= 4 is 11.6 Å². The van der Waals surface area contributed by atoms with Crippen molar-refractivity contribution in [3.63, 3.8) is 0 Å². The number of nitrogens with two attached hydrogens (primary N) is 1. The Morgan fingerprint density at radius 1 is 1.35 bits per heavy atom. The van der Waals surface area contributed by atoms with Crippen LogP contribution in [0.25, 0.3) is 0 Å². The first-order chi connectivity index (χ1) is 8.09. The van der Waals surface area contributed by atoms with Crippen LogP contribution < -0.4 is 11.1 Å². The molecule has 0 aliphatic carbocycles. The van der Waals surface area contributed by atoms with E-state index in [0.717, 1.165) is 12.1 Å². The van der Waals surface area contributed by atoms with Crippen LogP contribution in [0.15, 0.2) is 18.2 Å². The van der Waals surface area contributed by atoms with Gasteiger partial charge in [0.15, 0.2) is 0 Å². The van der Waals surface area contributed by atoms with Crippen LogP contribution in [-0.2, 0) is 9.53 Å². The van der Waals surface area contributed by atoms with Crippen LogP contribution in [0.1, 0.15) is 0 Å². The molecule has 17 heavy (non-hydrogen) atoms. The van der Waals surface area contributed by atoms with Crippen molar-refractivity contribution in [1.82, 2.24) is 0 Å². The molecule has 1 aliphatic heterocycles. The lowest BCUT2D eigenvalue weighted by molar-refractivity contribution is -0.120. The SMILES string of the molecule is NC1COCC1C(=O)Nc1c(F)cccc1F. The van der Waals surface area contributed by atoms with E-state index in [2.05, 4.69) is 5.32 Å². The van der Waals surface area contributed by atoms with Crippen molar-refractivity contribution in [3.05, 3.63) is 29.8 Å². The summed E-state index contributed by atoms with van der Waals surface area (Å²) in [6.07, 6.45) is 0. The normalized spacial score (nSPS) is 23.7. The van der Waals surface area contributed by atoms with Gasteiger partial charge in [-0.2, -0.15) is 0 Å². The minimum atomic E-state index is -0.814. The standard InChI is InChI=1S/C11H12F2N2O2/c12-7-2-1-3-8(13)10(7)15-11(16)6-4-17-5-9(6)14/h1-3,6,9H,4-5,14H2,(H,15,16). The first-order valence-electron chi connectivity index (χ1n) is 5.18. The lowest BCUT2D eigenvalue weighted by atomic mass is 10.0. The predicted octanol–water partition coefficient (Wildman–Crippen LogP) is 0.877. The minimum Gasteiger partial charge on any atom is -0.379 e. The highest BCUT2D eigenvalue weighted by molar-refractivity contribution is 5.93. The zero-order valence-electron chi connectivity index (χ0n) is 8.95. The summed E-state index contributed by atoms with van der Waals surface area (Å²) in [5.41, 5.74) is 5.19. The fourth-order valence-corrected chi connectivity index (χ4v) is 1.67.